The molecule has 0 bridgehead atoms. The molecule has 1 aromatic rings. The van der Waals surface area contributed by atoms with Gasteiger partial charge in [0.05, 0.1) is 12.7 Å². The number of aryl methyl sites for hydroxylation is 1. The molecule has 1 aromatic heterocycles. The number of hydrogen-bond acceptors (Lipinski definition) is 4. The first-order valence-corrected chi connectivity index (χ1v) is 7.30. The second kappa shape index (κ2) is 5.71. The normalized spacial score (nSPS) is 30.7. The van der Waals surface area contributed by atoms with Crippen molar-refractivity contribution in [2.75, 3.05) is 11.0 Å². The van der Waals surface area contributed by atoms with Gasteiger partial charge >= 0.3 is 5.69 Å². The third kappa shape index (κ3) is 2.61. The van der Waals surface area contributed by atoms with E-state index in [1.54, 1.807) is 0 Å². The van der Waals surface area contributed by atoms with Crippen LogP contribution in [0.5, 0.6) is 0 Å². The van der Waals surface area contributed by atoms with Gasteiger partial charge in [0.1, 0.15) is 0 Å². The van der Waals surface area contributed by atoms with Crippen molar-refractivity contribution in [3.63, 3.8) is 0 Å². The van der Waals surface area contributed by atoms with E-state index in [0.717, 1.165) is 4.57 Å². The van der Waals surface area contributed by atoms with Crippen LogP contribution in [0.2, 0.25) is 0 Å². The molecule has 2 rings (SSSR count). The maximum atomic E-state index is 14.3. The molecule has 8 heteroatoms. The molecule has 0 aromatic carbocycles. The number of rotatable bonds is 3. The van der Waals surface area contributed by atoms with Gasteiger partial charge in [-0.1, -0.05) is 22.6 Å². The highest BCUT2D eigenvalue weighted by Gasteiger charge is 2.45. The number of halogens is 2. The van der Waals surface area contributed by atoms with Gasteiger partial charge in [-0.25, -0.2) is 9.18 Å². The lowest BCUT2D eigenvalue weighted by atomic mass is 10.0. The molecular weight excluding hydrogens is 370 g/mol. The molecule has 0 spiro atoms. The minimum atomic E-state index is -1.41. The fourth-order valence-corrected chi connectivity index (χ4v) is 3.18. The van der Waals surface area contributed by atoms with Crippen LogP contribution in [0.4, 0.5) is 4.39 Å². The van der Waals surface area contributed by atoms with E-state index in [4.69, 9.17) is 4.74 Å². The first kappa shape index (κ1) is 14.7. The number of hydrogen-bond donors (Lipinski definition) is 2. The van der Waals surface area contributed by atoms with Crippen LogP contribution in [0.25, 0.3) is 0 Å². The molecule has 6 nitrogen and oxygen atoms in total. The summed E-state index contributed by atoms with van der Waals surface area (Å²) in [7, 11) is 0. The number of alkyl halides is 2. The average molecular weight is 384 g/mol. The average Bonchev–Trinajstić information content (AvgIpc) is 2.70. The van der Waals surface area contributed by atoms with E-state index in [2.05, 4.69) is 4.98 Å². The van der Waals surface area contributed by atoms with Gasteiger partial charge in [0.25, 0.3) is 5.56 Å². The maximum absolute atomic E-state index is 14.3. The Balaban J connectivity index is 2.41. The monoisotopic (exact) mass is 384 g/mol. The summed E-state index contributed by atoms with van der Waals surface area (Å²) in [5, 5.41) is 9.18. The minimum absolute atomic E-state index is 0.300. The van der Waals surface area contributed by atoms with Gasteiger partial charge in [0.15, 0.2) is 12.4 Å². The van der Waals surface area contributed by atoms with Crippen LogP contribution in [0.15, 0.2) is 15.8 Å². The number of H-pyrrole nitrogens is 1. The lowest BCUT2D eigenvalue weighted by molar-refractivity contribution is -0.0418. The highest BCUT2D eigenvalue weighted by Crippen LogP contribution is 2.36. The summed E-state index contributed by atoms with van der Waals surface area (Å²) in [6.07, 6.45) is -1.88. The summed E-state index contributed by atoms with van der Waals surface area (Å²) in [6.45, 7) is 1.22. The molecule has 0 aliphatic carbocycles. The SMILES string of the molecule is Cc1cn([C@@H]2O[C@H](CO)[C@@H](CI)[C@H]2F)c(=O)[nH]c1=O. The third-order valence-corrected chi connectivity index (χ3v) is 4.27. The molecule has 0 unspecified atom stereocenters. The predicted octanol–water partition coefficient (Wildman–Crippen LogP) is 0.124. The zero-order valence-electron chi connectivity index (χ0n) is 10.2. The Kier molecular flexibility index (Phi) is 4.41. The fraction of sp³-hybridized carbons (Fsp3) is 0.636. The number of aromatic amines is 1. The van der Waals surface area contributed by atoms with Crippen LogP contribution in [0.1, 0.15) is 11.8 Å². The van der Waals surface area contributed by atoms with E-state index in [1.807, 2.05) is 22.6 Å². The Labute approximate surface area is 121 Å². The van der Waals surface area contributed by atoms with Gasteiger partial charge in [-0.3, -0.25) is 14.3 Å². The van der Waals surface area contributed by atoms with Gasteiger partial charge in [-0.2, -0.15) is 0 Å². The second-order valence-electron chi connectivity index (χ2n) is 4.49. The van der Waals surface area contributed by atoms with Crippen molar-refractivity contribution in [3.05, 3.63) is 32.6 Å². The summed E-state index contributed by atoms with van der Waals surface area (Å²) in [5.74, 6) is -0.477. The van der Waals surface area contributed by atoms with E-state index < -0.39 is 35.7 Å². The molecular formula is C11H14FIN2O4. The molecule has 1 aliphatic heterocycles. The molecule has 2 heterocycles. The van der Waals surface area contributed by atoms with Crippen LogP contribution >= 0.6 is 22.6 Å². The minimum Gasteiger partial charge on any atom is -0.394 e. The Morgan fingerprint density at radius 2 is 2.26 bits per heavy atom. The zero-order chi connectivity index (χ0) is 14.2. The molecule has 19 heavy (non-hydrogen) atoms. The van der Waals surface area contributed by atoms with E-state index in [9.17, 15) is 19.1 Å². The van der Waals surface area contributed by atoms with E-state index in [-0.39, 0.29) is 6.61 Å². The molecule has 1 fully saturated rings. The van der Waals surface area contributed by atoms with E-state index >= 15 is 0 Å². The molecule has 0 saturated carbocycles. The van der Waals surface area contributed by atoms with Gasteiger partial charge in [-0.15, -0.1) is 0 Å². The van der Waals surface area contributed by atoms with Crippen LogP contribution in [0, 0.1) is 12.8 Å². The Morgan fingerprint density at radius 1 is 1.58 bits per heavy atom. The topological polar surface area (TPSA) is 84.3 Å². The zero-order valence-corrected chi connectivity index (χ0v) is 12.3. The van der Waals surface area contributed by atoms with Crippen molar-refractivity contribution < 1.29 is 14.2 Å². The molecule has 106 valence electrons. The van der Waals surface area contributed by atoms with Gasteiger partial charge in [-0.05, 0) is 6.92 Å². The molecule has 4 atom stereocenters. The summed E-state index contributed by atoms with van der Waals surface area (Å²) in [6, 6.07) is 0. The summed E-state index contributed by atoms with van der Waals surface area (Å²) in [5.41, 5.74) is -0.915. The number of nitrogens with one attached hydrogen (secondary N) is 1. The van der Waals surface area contributed by atoms with Gasteiger partial charge in [0, 0.05) is 22.1 Å². The lowest BCUT2D eigenvalue weighted by Gasteiger charge is -2.16. The number of ether oxygens (including phenoxy) is 1. The Bertz CT molecular complexity index is 573. The molecule has 1 saturated heterocycles. The second-order valence-corrected chi connectivity index (χ2v) is 5.37. The third-order valence-electron chi connectivity index (χ3n) is 3.25. The van der Waals surface area contributed by atoms with Crippen molar-refractivity contribution in [2.45, 2.75) is 25.4 Å². The van der Waals surface area contributed by atoms with Crippen molar-refractivity contribution in [2.24, 2.45) is 5.92 Å². The van der Waals surface area contributed by atoms with Crippen molar-refractivity contribution in [1.29, 1.82) is 0 Å². The van der Waals surface area contributed by atoms with Crippen LogP contribution in [0.3, 0.4) is 0 Å². The van der Waals surface area contributed by atoms with Crippen LogP contribution in [-0.2, 0) is 4.74 Å². The van der Waals surface area contributed by atoms with Crippen molar-refractivity contribution >= 4 is 22.6 Å². The van der Waals surface area contributed by atoms with Crippen LogP contribution < -0.4 is 11.2 Å². The molecule has 2 N–H and O–H groups in total. The standard InChI is InChI=1S/C11H14FIN2O4/c1-5-3-15(11(18)14-9(5)17)10-8(12)6(2-13)7(4-16)19-10/h3,6-8,10,16H,2,4H2,1H3,(H,14,17,18)/t6-,7-,8-,10-/m1/s1. The number of aromatic nitrogens is 2. The molecule has 0 amide bonds. The van der Waals surface area contributed by atoms with Gasteiger partial charge < -0.3 is 9.84 Å². The first-order chi connectivity index (χ1) is 8.99. The smallest absolute Gasteiger partial charge is 0.330 e. The predicted molar refractivity (Wildman–Crippen MR) is 74.3 cm³/mol. The molecule has 0 radical (unpaired) electrons. The largest absolute Gasteiger partial charge is 0.394 e. The van der Waals surface area contributed by atoms with Crippen molar-refractivity contribution in [3.8, 4) is 0 Å². The van der Waals surface area contributed by atoms with Gasteiger partial charge in [0.2, 0.25) is 0 Å². The Morgan fingerprint density at radius 3 is 2.79 bits per heavy atom. The summed E-state index contributed by atoms with van der Waals surface area (Å²) < 4.78 is 21.2. The highest BCUT2D eigenvalue weighted by molar-refractivity contribution is 14.1. The van der Waals surface area contributed by atoms with Crippen LogP contribution in [-0.4, -0.2) is 38.0 Å². The number of nitrogens with zero attached hydrogens (tertiary/aromatic N) is 1. The molecule has 1 aliphatic rings. The number of aliphatic hydroxyl groups is 1. The highest BCUT2D eigenvalue weighted by atomic mass is 127. The fourth-order valence-electron chi connectivity index (χ4n) is 2.13. The quantitative estimate of drug-likeness (QED) is 0.573. The Hall–Kier alpha value is -0.740. The summed E-state index contributed by atoms with van der Waals surface area (Å²) >= 11 is 2.02. The van der Waals surface area contributed by atoms with E-state index in [1.165, 1.54) is 13.1 Å². The van der Waals surface area contributed by atoms with E-state index in [0.29, 0.717) is 9.99 Å². The first-order valence-electron chi connectivity index (χ1n) is 5.78. The summed E-state index contributed by atoms with van der Waals surface area (Å²) in [4.78, 5) is 25.1. The van der Waals surface area contributed by atoms with Crippen molar-refractivity contribution in [1.82, 2.24) is 9.55 Å². The lowest BCUT2D eigenvalue weighted by Crippen LogP contribution is -2.36. The maximum Gasteiger partial charge on any atom is 0.330 e. The number of aliphatic hydroxyl groups excluding tert-OH is 1.